The molecule has 0 spiro atoms. The van der Waals surface area contributed by atoms with Crippen LogP contribution in [-0.2, 0) is 21.7 Å². The molecule has 2 aromatic rings. The highest BCUT2D eigenvalue weighted by Crippen LogP contribution is 2.41. The Hall–Kier alpha value is -1.63. The Bertz CT molecular complexity index is 728. The first-order valence-corrected chi connectivity index (χ1v) is 10.7. The van der Waals surface area contributed by atoms with E-state index >= 15 is 0 Å². The standard InChI is InChI=1S/C27H41N/c1-24(2,3)20-14-11-12-15-21(20)26(7,8)17-18-27(9,10)22-16-13-19-28-23(22)25(4,5)6/h11-16,19H,17-18H2,1-10H3. The van der Waals surface area contributed by atoms with Crippen LogP contribution >= 0.6 is 0 Å². The lowest BCUT2D eigenvalue weighted by Crippen LogP contribution is -2.30. The average molecular weight is 380 g/mol. The van der Waals surface area contributed by atoms with Gasteiger partial charge in [-0.2, -0.15) is 0 Å². The van der Waals surface area contributed by atoms with E-state index in [9.17, 15) is 0 Å². The van der Waals surface area contributed by atoms with Crippen molar-refractivity contribution in [3.05, 3.63) is 65.0 Å². The van der Waals surface area contributed by atoms with Crippen LogP contribution in [0.2, 0.25) is 0 Å². The van der Waals surface area contributed by atoms with Gasteiger partial charge in [0.25, 0.3) is 0 Å². The molecule has 0 N–H and O–H groups in total. The molecule has 2 rings (SSSR count). The van der Waals surface area contributed by atoms with Gasteiger partial charge < -0.3 is 0 Å². The van der Waals surface area contributed by atoms with Crippen LogP contribution < -0.4 is 0 Å². The first kappa shape index (κ1) is 22.7. The maximum atomic E-state index is 4.77. The summed E-state index contributed by atoms with van der Waals surface area (Å²) in [6, 6.07) is 13.4. The molecule has 0 amide bonds. The van der Waals surface area contributed by atoms with Crippen molar-refractivity contribution < 1.29 is 0 Å². The second-order valence-corrected chi connectivity index (χ2v) is 11.7. The monoisotopic (exact) mass is 379 g/mol. The summed E-state index contributed by atoms with van der Waals surface area (Å²) < 4.78 is 0. The molecule has 0 saturated heterocycles. The number of hydrogen-bond acceptors (Lipinski definition) is 1. The van der Waals surface area contributed by atoms with Crippen LogP contribution in [0.3, 0.4) is 0 Å². The summed E-state index contributed by atoms with van der Waals surface area (Å²) in [6.45, 7) is 23.3. The fourth-order valence-corrected chi connectivity index (χ4v) is 4.17. The molecule has 0 aliphatic carbocycles. The van der Waals surface area contributed by atoms with Gasteiger partial charge in [-0.25, -0.2) is 0 Å². The summed E-state index contributed by atoms with van der Waals surface area (Å²) in [6.07, 6.45) is 4.21. The van der Waals surface area contributed by atoms with E-state index in [4.69, 9.17) is 4.98 Å². The van der Waals surface area contributed by atoms with Crippen molar-refractivity contribution in [3.8, 4) is 0 Å². The molecular formula is C27H41N. The van der Waals surface area contributed by atoms with Crippen molar-refractivity contribution in [2.45, 2.75) is 104 Å². The number of rotatable bonds is 5. The third kappa shape index (κ3) is 5.04. The van der Waals surface area contributed by atoms with Crippen LogP contribution in [0.4, 0.5) is 0 Å². The van der Waals surface area contributed by atoms with Gasteiger partial charge in [0, 0.05) is 17.3 Å². The van der Waals surface area contributed by atoms with Crippen LogP contribution in [0.1, 0.15) is 104 Å². The highest BCUT2D eigenvalue weighted by molar-refractivity contribution is 5.38. The van der Waals surface area contributed by atoms with Crippen molar-refractivity contribution in [3.63, 3.8) is 0 Å². The van der Waals surface area contributed by atoms with E-state index in [0.29, 0.717) is 0 Å². The fourth-order valence-electron chi connectivity index (χ4n) is 4.17. The number of pyridine rings is 1. The molecule has 0 atom stereocenters. The zero-order valence-electron chi connectivity index (χ0n) is 19.9. The van der Waals surface area contributed by atoms with Crippen molar-refractivity contribution in [1.29, 1.82) is 0 Å². The maximum Gasteiger partial charge on any atom is 0.0494 e. The second-order valence-electron chi connectivity index (χ2n) is 11.7. The lowest BCUT2D eigenvalue weighted by molar-refractivity contribution is 0.363. The van der Waals surface area contributed by atoms with E-state index in [-0.39, 0.29) is 21.7 Å². The Morgan fingerprint density at radius 3 is 1.54 bits per heavy atom. The van der Waals surface area contributed by atoms with Crippen LogP contribution in [0.5, 0.6) is 0 Å². The Morgan fingerprint density at radius 2 is 1.04 bits per heavy atom. The molecule has 154 valence electrons. The van der Waals surface area contributed by atoms with Crippen LogP contribution in [0.25, 0.3) is 0 Å². The van der Waals surface area contributed by atoms with Gasteiger partial charge >= 0.3 is 0 Å². The lowest BCUT2D eigenvalue weighted by atomic mass is 9.68. The predicted molar refractivity (Wildman–Crippen MR) is 123 cm³/mol. The zero-order chi connectivity index (χ0) is 21.4. The van der Waals surface area contributed by atoms with Crippen molar-refractivity contribution in [2.75, 3.05) is 0 Å². The first-order valence-electron chi connectivity index (χ1n) is 10.7. The molecule has 0 saturated carbocycles. The van der Waals surface area contributed by atoms with Crippen molar-refractivity contribution >= 4 is 0 Å². The molecule has 0 fully saturated rings. The molecule has 1 nitrogen and oxygen atoms in total. The van der Waals surface area contributed by atoms with E-state index in [1.807, 2.05) is 6.20 Å². The van der Waals surface area contributed by atoms with E-state index in [1.54, 1.807) is 0 Å². The third-order valence-corrected chi connectivity index (χ3v) is 6.09. The molecular weight excluding hydrogens is 338 g/mol. The van der Waals surface area contributed by atoms with Gasteiger partial charge in [-0.05, 0) is 51.8 Å². The van der Waals surface area contributed by atoms with Gasteiger partial charge in [-0.1, -0.05) is 99.6 Å². The molecule has 1 heteroatoms. The minimum Gasteiger partial charge on any atom is -0.260 e. The van der Waals surface area contributed by atoms with Gasteiger partial charge in [-0.15, -0.1) is 0 Å². The van der Waals surface area contributed by atoms with E-state index < -0.39 is 0 Å². The molecule has 1 aromatic carbocycles. The Balaban J connectivity index is 2.34. The highest BCUT2D eigenvalue weighted by Gasteiger charge is 2.33. The molecule has 0 bridgehead atoms. The summed E-state index contributed by atoms with van der Waals surface area (Å²) in [5, 5.41) is 0. The van der Waals surface area contributed by atoms with Crippen molar-refractivity contribution in [2.24, 2.45) is 0 Å². The molecule has 0 radical (unpaired) electrons. The van der Waals surface area contributed by atoms with E-state index in [2.05, 4.69) is 106 Å². The third-order valence-electron chi connectivity index (χ3n) is 6.09. The Kier molecular flexibility index (Phi) is 6.19. The number of hydrogen-bond donors (Lipinski definition) is 0. The Morgan fingerprint density at radius 1 is 0.571 bits per heavy atom. The van der Waals surface area contributed by atoms with Gasteiger partial charge in [0.15, 0.2) is 0 Å². The second kappa shape index (κ2) is 7.65. The molecule has 0 aliphatic rings. The summed E-state index contributed by atoms with van der Waals surface area (Å²) in [5.41, 5.74) is 6.01. The lowest BCUT2D eigenvalue weighted by Gasteiger charge is -2.37. The summed E-state index contributed by atoms with van der Waals surface area (Å²) in [5.74, 6) is 0. The van der Waals surface area contributed by atoms with Gasteiger partial charge in [0.2, 0.25) is 0 Å². The van der Waals surface area contributed by atoms with Crippen LogP contribution in [0.15, 0.2) is 42.6 Å². The van der Waals surface area contributed by atoms with Crippen molar-refractivity contribution in [1.82, 2.24) is 4.98 Å². The number of nitrogens with zero attached hydrogens (tertiary/aromatic N) is 1. The average Bonchev–Trinajstić information content (AvgIpc) is 2.59. The SMILES string of the molecule is CC(C)(C)c1ccccc1C(C)(C)CCC(C)(C)c1cccnc1C(C)(C)C. The largest absolute Gasteiger partial charge is 0.260 e. The maximum absolute atomic E-state index is 4.77. The summed E-state index contributed by atoms with van der Waals surface area (Å²) >= 11 is 0. The fraction of sp³-hybridized carbons (Fsp3) is 0.593. The van der Waals surface area contributed by atoms with E-state index in [1.165, 1.54) is 22.4 Å². The van der Waals surface area contributed by atoms with E-state index in [0.717, 1.165) is 12.8 Å². The van der Waals surface area contributed by atoms with Gasteiger partial charge in [0.1, 0.15) is 0 Å². The quantitative estimate of drug-likeness (QED) is 0.518. The smallest absolute Gasteiger partial charge is 0.0494 e. The number of benzene rings is 1. The molecule has 0 unspecified atom stereocenters. The minimum absolute atomic E-state index is 0.0578. The minimum atomic E-state index is 0.0578. The highest BCUT2D eigenvalue weighted by atomic mass is 14.7. The molecule has 28 heavy (non-hydrogen) atoms. The summed E-state index contributed by atoms with van der Waals surface area (Å²) in [4.78, 5) is 4.77. The zero-order valence-corrected chi connectivity index (χ0v) is 19.9. The molecule has 0 aliphatic heterocycles. The topological polar surface area (TPSA) is 12.9 Å². The van der Waals surface area contributed by atoms with Crippen LogP contribution in [-0.4, -0.2) is 4.98 Å². The molecule has 1 aromatic heterocycles. The predicted octanol–water partition coefficient (Wildman–Crippen LogP) is 7.71. The first-order chi connectivity index (χ1) is 12.7. The summed E-state index contributed by atoms with van der Waals surface area (Å²) in [7, 11) is 0. The van der Waals surface area contributed by atoms with Gasteiger partial charge in [0.05, 0.1) is 0 Å². The van der Waals surface area contributed by atoms with Crippen LogP contribution in [0, 0.1) is 0 Å². The Labute approximate surface area is 174 Å². The normalized spacial score (nSPS) is 13.6. The molecule has 1 heterocycles. The number of aromatic nitrogens is 1. The van der Waals surface area contributed by atoms with Gasteiger partial charge in [-0.3, -0.25) is 4.98 Å².